The van der Waals surface area contributed by atoms with Crippen molar-refractivity contribution in [1.82, 2.24) is 4.90 Å². The summed E-state index contributed by atoms with van der Waals surface area (Å²) in [5.74, 6) is -1.16. The van der Waals surface area contributed by atoms with Crippen LogP contribution in [0.15, 0.2) is 56.3 Å². The van der Waals surface area contributed by atoms with Gasteiger partial charge in [0.05, 0.1) is 20.0 Å². The lowest BCUT2D eigenvalue weighted by atomic mass is 10.2. The fourth-order valence-corrected chi connectivity index (χ4v) is 4.06. The van der Waals surface area contributed by atoms with Crippen LogP contribution in [-0.4, -0.2) is 33.4 Å². The molecule has 8 nitrogen and oxygen atoms in total. The minimum absolute atomic E-state index is 0.0836. The molecular formula is C18H11Br2N3O5S. The van der Waals surface area contributed by atoms with Crippen molar-refractivity contribution in [3.8, 4) is 0 Å². The smallest absolute Gasteiger partial charge is 0.294 e. The first kappa shape index (κ1) is 21.2. The van der Waals surface area contributed by atoms with Gasteiger partial charge in [0.15, 0.2) is 0 Å². The molecule has 0 unspecified atom stereocenters. The van der Waals surface area contributed by atoms with Gasteiger partial charge in [0.25, 0.3) is 16.8 Å². The second-order valence-corrected chi connectivity index (χ2v) is 8.47. The molecule has 0 saturated carbocycles. The Kier molecular flexibility index (Phi) is 6.50. The first-order chi connectivity index (χ1) is 13.8. The largest absolute Gasteiger partial charge is 0.324 e. The van der Waals surface area contributed by atoms with Crippen molar-refractivity contribution in [1.29, 1.82) is 0 Å². The molecule has 0 radical (unpaired) electrons. The molecule has 1 heterocycles. The number of imide groups is 1. The van der Waals surface area contributed by atoms with Crippen molar-refractivity contribution in [3.05, 3.63) is 72.0 Å². The van der Waals surface area contributed by atoms with Crippen LogP contribution in [-0.2, 0) is 9.59 Å². The van der Waals surface area contributed by atoms with Gasteiger partial charge in [-0.1, -0.05) is 18.2 Å². The summed E-state index contributed by atoms with van der Waals surface area (Å²) in [6.45, 7) is -0.441. The van der Waals surface area contributed by atoms with Gasteiger partial charge in [-0.05, 0) is 73.5 Å². The molecule has 2 aromatic rings. The Hall–Kier alpha value is -2.50. The monoisotopic (exact) mass is 539 g/mol. The van der Waals surface area contributed by atoms with Crippen LogP contribution in [0.3, 0.4) is 0 Å². The van der Waals surface area contributed by atoms with Crippen molar-refractivity contribution < 1.29 is 19.3 Å². The van der Waals surface area contributed by atoms with Crippen LogP contribution in [0.5, 0.6) is 0 Å². The van der Waals surface area contributed by atoms with Gasteiger partial charge in [-0.25, -0.2) is 0 Å². The Bertz CT molecular complexity index is 1070. The van der Waals surface area contributed by atoms with Gasteiger partial charge in [0.2, 0.25) is 5.91 Å². The molecule has 0 bridgehead atoms. The van der Waals surface area contributed by atoms with Crippen LogP contribution >= 0.6 is 43.6 Å². The number of nitro benzene ring substituents is 1. The zero-order valence-corrected chi connectivity index (χ0v) is 18.4. The van der Waals surface area contributed by atoms with Gasteiger partial charge in [-0.15, -0.1) is 0 Å². The van der Waals surface area contributed by atoms with Crippen molar-refractivity contribution in [2.45, 2.75) is 0 Å². The van der Waals surface area contributed by atoms with E-state index in [2.05, 4.69) is 37.2 Å². The Morgan fingerprint density at radius 3 is 2.59 bits per heavy atom. The molecule has 1 saturated heterocycles. The Morgan fingerprint density at radius 1 is 1.17 bits per heavy atom. The van der Waals surface area contributed by atoms with Crippen LogP contribution in [0.4, 0.5) is 16.2 Å². The van der Waals surface area contributed by atoms with Gasteiger partial charge in [-0.3, -0.25) is 29.4 Å². The number of halogens is 2. The summed E-state index contributed by atoms with van der Waals surface area (Å²) in [6.07, 6.45) is 1.38. The van der Waals surface area contributed by atoms with Crippen molar-refractivity contribution in [2.24, 2.45) is 0 Å². The molecule has 2 aromatic carbocycles. The standard InChI is InChI=1S/C18H11Br2N3O5S/c19-11-3-1-2-4-13(11)21-16(24)9-22-17(25)15(29-18(22)26)8-10-5-6-12(20)14(7-10)23(27)28/h1-8H,9H2,(H,21,24)/b15-8-. The Labute approximate surface area is 185 Å². The highest BCUT2D eigenvalue weighted by Crippen LogP contribution is 2.34. The fourth-order valence-electron chi connectivity index (χ4n) is 2.44. The first-order valence-electron chi connectivity index (χ1n) is 8.00. The van der Waals surface area contributed by atoms with E-state index in [1.165, 1.54) is 18.2 Å². The molecule has 1 fully saturated rings. The van der Waals surface area contributed by atoms with E-state index in [1.807, 2.05) is 0 Å². The van der Waals surface area contributed by atoms with E-state index in [9.17, 15) is 24.5 Å². The normalized spacial score (nSPS) is 15.1. The van der Waals surface area contributed by atoms with Crippen LogP contribution in [0, 0.1) is 10.1 Å². The van der Waals surface area contributed by atoms with E-state index in [4.69, 9.17) is 0 Å². The average Bonchev–Trinajstić information content (AvgIpc) is 2.92. The Balaban J connectivity index is 1.75. The highest BCUT2D eigenvalue weighted by atomic mass is 79.9. The quantitative estimate of drug-likeness (QED) is 0.331. The number of nitrogens with one attached hydrogen (secondary N) is 1. The summed E-state index contributed by atoms with van der Waals surface area (Å²) >= 11 is 7.07. The number of nitro groups is 1. The number of para-hydroxylation sites is 1. The van der Waals surface area contributed by atoms with Gasteiger partial charge in [0, 0.05) is 10.5 Å². The number of rotatable bonds is 5. The molecule has 29 heavy (non-hydrogen) atoms. The zero-order chi connectivity index (χ0) is 21.1. The lowest BCUT2D eigenvalue weighted by molar-refractivity contribution is -0.385. The molecule has 11 heteroatoms. The number of thioether (sulfide) groups is 1. The van der Waals surface area contributed by atoms with E-state index in [1.54, 1.807) is 30.3 Å². The van der Waals surface area contributed by atoms with E-state index in [0.29, 0.717) is 32.0 Å². The summed E-state index contributed by atoms with van der Waals surface area (Å²) < 4.78 is 0.968. The molecule has 1 aliphatic heterocycles. The molecule has 3 rings (SSSR count). The maximum Gasteiger partial charge on any atom is 0.294 e. The number of amides is 3. The SMILES string of the molecule is O=C(CN1C(=O)S/C(=C\c2ccc(Br)c([N+](=O)[O-])c2)C1=O)Nc1ccccc1Br. The number of benzene rings is 2. The summed E-state index contributed by atoms with van der Waals surface area (Å²) in [4.78, 5) is 48.4. The number of carbonyl (C=O) groups excluding carboxylic acids is 3. The molecule has 0 spiro atoms. The number of carbonyl (C=O) groups is 3. The summed E-state index contributed by atoms with van der Waals surface area (Å²) in [7, 11) is 0. The first-order valence-corrected chi connectivity index (χ1v) is 10.4. The minimum atomic E-state index is -0.632. The topological polar surface area (TPSA) is 110 Å². The predicted octanol–water partition coefficient (Wildman–Crippen LogP) is 4.79. The van der Waals surface area contributed by atoms with E-state index in [-0.39, 0.29) is 10.6 Å². The van der Waals surface area contributed by atoms with Crippen LogP contribution < -0.4 is 5.32 Å². The van der Waals surface area contributed by atoms with E-state index in [0.717, 1.165) is 4.90 Å². The molecule has 1 N–H and O–H groups in total. The lowest BCUT2D eigenvalue weighted by Gasteiger charge is -2.13. The highest BCUT2D eigenvalue weighted by Gasteiger charge is 2.36. The summed E-state index contributed by atoms with van der Waals surface area (Å²) in [6, 6.07) is 11.3. The van der Waals surface area contributed by atoms with Crippen molar-refractivity contribution in [3.63, 3.8) is 0 Å². The van der Waals surface area contributed by atoms with Gasteiger partial charge in [-0.2, -0.15) is 0 Å². The number of anilines is 1. The third kappa shape index (κ3) is 4.92. The third-order valence-electron chi connectivity index (χ3n) is 3.79. The molecule has 0 atom stereocenters. The summed E-state index contributed by atoms with van der Waals surface area (Å²) in [5, 5.41) is 13.1. The van der Waals surface area contributed by atoms with E-state index < -0.39 is 28.5 Å². The number of hydrogen-bond acceptors (Lipinski definition) is 6. The van der Waals surface area contributed by atoms with Gasteiger partial charge >= 0.3 is 0 Å². The molecule has 3 amide bonds. The van der Waals surface area contributed by atoms with Crippen LogP contribution in [0.1, 0.15) is 5.56 Å². The average molecular weight is 541 g/mol. The van der Waals surface area contributed by atoms with Gasteiger partial charge in [0.1, 0.15) is 6.54 Å². The third-order valence-corrected chi connectivity index (χ3v) is 6.06. The summed E-state index contributed by atoms with van der Waals surface area (Å²) in [5.41, 5.74) is 0.746. The molecular weight excluding hydrogens is 530 g/mol. The molecule has 148 valence electrons. The molecule has 0 aliphatic carbocycles. The lowest BCUT2D eigenvalue weighted by Crippen LogP contribution is -2.36. The zero-order valence-electron chi connectivity index (χ0n) is 14.4. The van der Waals surface area contributed by atoms with Crippen LogP contribution in [0.25, 0.3) is 6.08 Å². The van der Waals surface area contributed by atoms with Gasteiger partial charge < -0.3 is 5.32 Å². The second kappa shape index (κ2) is 8.89. The van der Waals surface area contributed by atoms with Crippen LogP contribution in [0.2, 0.25) is 0 Å². The fraction of sp³-hybridized carbons (Fsp3) is 0.0556. The molecule has 0 aromatic heterocycles. The highest BCUT2D eigenvalue weighted by molar-refractivity contribution is 9.11. The second-order valence-electron chi connectivity index (χ2n) is 5.76. The Morgan fingerprint density at radius 2 is 1.90 bits per heavy atom. The number of hydrogen-bond donors (Lipinski definition) is 1. The van der Waals surface area contributed by atoms with Crippen molar-refractivity contribution >= 4 is 78.1 Å². The number of nitrogens with zero attached hydrogens (tertiary/aromatic N) is 2. The van der Waals surface area contributed by atoms with E-state index >= 15 is 0 Å². The minimum Gasteiger partial charge on any atom is -0.324 e. The predicted molar refractivity (Wildman–Crippen MR) is 116 cm³/mol. The van der Waals surface area contributed by atoms with Crippen molar-refractivity contribution in [2.75, 3.05) is 11.9 Å². The molecule has 1 aliphatic rings. The maximum atomic E-state index is 12.5. The maximum absolute atomic E-state index is 12.5.